The van der Waals surface area contributed by atoms with Gasteiger partial charge in [0.05, 0.1) is 0 Å². The van der Waals surface area contributed by atoms with Crippen LogP contribution in [0.2, 0.25) is 0 Å². The van der Waals surface area contributed by atoms with Gasteiger partial charge in [-0.3, -0.25) is 4.79 Å². The zero-order valence-corrected chi connectivity index (χ0v) is 11.1. The van der Waals surface area contributed by atoms with E-state index in [2.05, 4.69) is 10.3 Å². The van der Waals surface area contributed by atoms with Crippen molar-refractivity contribution in [1.82, 2.24) is 9.88 Å². The van der Waals surface area contributed by atoms with E-state index in [0.29, 0.717) is 13.1 Å². The second-order valence-electron chi connectivity index (χ2n) is 4.85. The maximum absolute atomic E-state index is 12.6. The Bertz CT molecular complexity index is 490. The van der Waals surface area contributed by atoms with Crippen LogP contribution in [-0.4, -0.2) is 34.9 Å². The molecule has 20 heavy (non-hydrogen) atoms. The van der Waals surface area contributed by atoms with Gasteiger partial charge < -0.3 is 10.2 Å². The number of piperidine rings is 1. The molecule has 0 spiro atoms. The number of carbonyl (C=O) groups excluding carboxylic acids is 1. The third kappa shape index (κ3) is 3.61. The van der Waals surface area contributed by atoms with E-state index in [1.807, 2.05) is 0 Å². The summed E-state index contributed by atoms with van der Waals surface area (Å²) in [6, 6.07) is 3.70. The lowest BCUT2D eigenvalue weighted by Gasteiger charge is -2.32. The quantitative estimate of drug-likeness (QED) is 0.909. The van der Waals surface area contributed by atoms with Crippen molar-refractivity contribution < 1.29 is 18.0 Å². The molecule has 1 N–H and O–H groups in total. The van der Waals surface area contributed by atoms with Gasteiger partial charge in [0.25, 0.3) is 0 Å². The number of anilines is 1. The summed E-state index contributed by atoms with van der Waals surface area (Å²) in [6.45, 7) is 2.68. The number of likely N-dealkylation sites (tertiary alicyclic amines) is 1. The number of pyridine rings is 1. The standard InChI is InChI=1S/C13H16F3N3O/c1-9(20)19-7-3-4-10(8-19)17-12-6-2-5-11(18-12)13(14,15)16/h2,5-6,10H,3-4,7-8H2,1H3,(H,17,18). The van der Waals surface area contributed by atoms with Crippen molar-refractivity contribution in [3.63, 3.8) is 0 Å². The summed E-state index contributed by atoms with van der Waals surface area (Å²) in [5.41, 5.74) is -0.915. The minimum atomic E-state index is -4.45. The van der Waals surface area contributed by atoms with Crippen molar-refractivity contribution >= 4 is 11.7 Å². The number of alkyl halides is 3. The Hall–Kier alpha value is -1.79. The SMILES string of the molecule is CC(=O)N1CCCC(Nc2cccc(C(F)(F)F)n2)C1. The van der Waals surface area contributed by atoms with Crippen LogP contribution in [0.15, 0.2) is 18.2 Å². The van der Waals surface area contributed by atoms with Gasteiger partial charge in [-0.25, -0.2) is 4.98 Å². The fourth-order valence-corrected chi connectivity index (χ4v) is 2.26. The predicted octanol–water partition coefficient (Wildman–Crippen LogP) is 2.52. The maximum atomic E-state index is 12.6. The van der Waals surface area contributed by atoms with Gasteiger partial charge in [0.15, 0.2) is 0 Å². The molecule has 1 fully saturated rings. The molecule has 1 aromatic heterocycles. The van der Waals surface area contributed by atoms with Crippen LogP contribution in [0.1, 0.15) is 25.5 Å². The van der Waals surface area contributed by atoms with Crippen LogP contribution in [0.3, 0.4) is 0 Å². The van der Waals surface area contributed by atoms with Gasteiger partial charge in [-0.2, -0.15) is 13.2 Å². The molecule has 0 radical (unpaired) electrons. The van der Waals surface area contributed by atoms with Crippen LogP contribution >= 0.6 is 0 Å². The average molecular weight is 287 g/mol. The highest BCUT2D eigenvalue weighted by Crippen LogP contribution is 2.28. The van der Waals surface area contributed by atoms with Crippen molar-refractivity contribution in [2.75, 3.05) is 18.4 Å². The fourth-order valence-electron chi connectivity index (χ4n) is 2.26. The highest BCUT2D eigenvalue weighted by molar-refractivity contribution is 5.73. The second-order valence-corrected chi connectivity index (χ2v) is 4.85. The number of carbonyl (C=O) groups is 1. The number of aromatic nitrogens is 1. The molecule has 1 aromatic rings. The summed E-state index contributed by atoms with van der Waals surface area (Å²) in [5.74, 6) is 0.170. The van der Waals surface area contributed by atoms with Gasteiger partial charge in [-0.15, -0.1) is 0 Å². The number of amides is 1. The van der Waals surface area contributed by atoms with Crippen molar-refractivity contribution in [1.29, 1.82) is 0 Å². The zero-order valence-electron chi connectivity index (χ0n) is 11.1. The van der Waals surface area contributed by atoms with E-state index in [1.165, 1.54) is 19.1 Å². The highest BCUT2D eigenvalue weighted by atomic mass is 19.4. The van der Waals surface area contributed by atoms with Gasteiger partial charge >= 0.3 is 6.18 Å². The lowest BCUT2D eigenvalue weighted by Crippen LogP contribution is -2.44. The molecule has 0 saturated carbocycles. The van der Waals surface area contributed by atoms with E-state index in [-0.39, 0.29) is 17.8 Å². The summed E-state index contributed by atoms with van der Waals surface area (Å²) < 4.78 is 37.7. The summed E-state index contributed by atoms with van der Waals surface area (Å²) in [4.78, 5) is 16.6. The van der Waals surface area contributed by atoms with Crippen molar-refractivity contribution in [2.24, 2.45) is 0 Å². The lowest BCUT2D eigenvalue weighted by molar-refractivity contribution is -0.141. The Kier molecular flexibility index (Phi) is 4.15. The first-order valence-electron chi connectivity index (χ1n) is 6.42. The van der Waals surface area contributed by atoms with Gasteiger partial charge in [-0.05, 0) is 25.0 Å². The van der Waals surface area contributed by atoms with Gasteiger partial charge in [0, 0.05) is 26.1 Å². The molecule has 1 aliphatic rings. The van der Waals surface area contributed by atoms with E-state index in [9.17, 15) is 18.0 Å². The number of hydrogen-bond acceptors (Lipinski definition) is 3. The van der Waals surface area contributed by atoms with Crippen LogP contribution < -0.4 is 5.32 Å². The van der Waals surface area contributed by atoms with Gasteiger partial charge in [-0.1, -0.05) is 6.07 Å². The predicted molar refractivity (Wildman–Crippen MR) is 68.1 cm³/mol. The van der Waals surface area contributed by atoms with Crippen molar-refractivity contribution in [3.05, 3.63) is 23.9 Å². The molecule has 0 bridgehead atoms. The third-order valence-electron chi connectivity index (χ3n) is 3.26. The molecule has 0 aromatic carbocycles. The Morgan fingerprint density at radius 2 is 2.20 bits per heavy atom. The molecule has 1 atom stereocenters. The summed E-state index contributed by atoms with van der Waals surface area (Å²) in [6.07, 6.45) is -2.81. The van der Waals surface area contributed by atoms with Gasteiger partial charge in [0.2, 0.25) is 5.91 Å². The molecule has 110 valence electrons. The van der Waals surface area contributed by atoms with Crippen molar-refractivity contribution in [2.45, 2.75) is 32.0 Å². The normalized spacial score (nSPS) is 19.8. The van der Waals surface area contributed by atoms with Crippen LogP contribution in [-0.2, 0) is 11.0 Å². The number of nitrogens with zero attached hydrogens (tertiary/aromatic N) is 2. The average Bonchev–Trinajstić information content (AvgIpc) is 2.38. The third-order valence-corrected chi connectivity index (χ3v) is 3.26. The Morgan fingerprint density at radius 3 is 2.85 bits per heavy atom. The molecule has 2 rings (SSSR count). The maximum Gasteiger partial charge on any atom is 0.433 e. The first-order chi connectivity index (χ1) is 9.36. The number of hydrogen-bond donors (Lipinski definition) is 1. The largest absolute Gasteiger partial charge is 0.433 e. The Balaban J connectivity index is 2.04. The van der Waals surface area contributed by atoms with Crippen LogP contribution in [0.4, 0.5) is 19.0 Å². The molecular formula is C13H16F3N3O. The lowest BCUT2D eigenvalue weighted by atomic mass is 10.1. The second kappa shape index (κ2) is 5.68. The smallest absolute Gasteiger partial charge is 0.366 e. The van der Waals surface area contributed by atoms with E-state index >= 15 is 0 Å². The molecule has 1 unspecified atom stereocenters. The minimum absolute atomic E-state index is 0.0199. The molecule has 7 heteroatoms. The van der Waals surface area contributed by atoms with E-state index in [4.69, 9.17) is 0 Å². The van der Waals surface area contributed by atoms with E-state index < -0.39 is 11.9 Å². The van der Waals surface area contributed by atoms with Crippen LogP contribution in [0, 0.1) is 0 Å². The molecule has 4 nitrogen and oxygen atoms in total. The molecular weight excluding hydrogens is 271 g/mol. The molecule has 0 aliphatic carbocycles. The minimum Gasteiger partial charge on any atom is -0.366 e. The first-order valence-corrected chi connectivity index (χ1v) is 6.42. The number of rotatable bonds is 2. The molecule has 1 amide bonds. The monoisotopic (exact) mass is 287 g/mol. The number of halogens is 3. The van der Waals surface area contributed by atoms with Crippen LogP contribution in [0.25, 0.3) is 0 Å². The van der Waals surface area contributed by atoms with Crippen molar-refractivity contribution in [3.8, 4) is 0 Å². The summed E-state index contributed by atoms with van der Waals surface area (Å²) >= 11 is 0. The molecule has 1 saturated heterocycles. The van der Waals surface area contributed by atoms with Gasteiger partial charge in [0.1, 0.15) is 11.5 Å². The van der Waals surface area contributed by atoms with Crippen LogP contribution in [0.5, 0.6) is 0 Å². The zero-order chi connectivity index (χ0) is 14.8. The highest BCUT2D eigenvalue weighted by Gasteiger charge is 2.32. The summed E-state index contributed by atoms with van der Waals surface area (Å²) in [7, 11) is 0. The Labute approximate surface area is 115 Å². The van der Waals surface area contributed by atoms with E-state index in [0.717, 1.165) is 18.9 Å². The molecule has 1 aliphatic heterocycles. The Morgan fingerprint density at radius 1 is 1.45 bits per heavy atom. The topological polar surface area (TPSA) is 45.2 Å². The fraction of sp³-hybridized carbons (Fsp3) is 0.538. The summed E-state index contributed by atoms with van der Waals surface area (Å²) in [5, 5.41) is 2.97. The van der Waals surface area contributed by atoms with E-state index in [1.54, 1.807) is 4.90 Å². The molecule has 2 heterocycles. The first kappa shape index (κ1) is 14.6. The number of nitrogens with one attached hydrogen (secondary N) is 1.